The molecular weight excluding hydrogens is 638 g/mol. The Kier molecular flexibility index (Phi) is 9.79. The predicted octanol–water partition coefficient (Wildman–Crippen LogP) is 9.51. The number of carbonyl (C=O) groups is 1. The van der Waals surface area contributed by atoms with Crippen LogP contribution < -0.4 is 9.64 Å². The van der Waals surface area contributed by atoms with Crippen molar-refractivity contribution in [2.75, 3.05) is 24.6 Å². The van der Waals surface area contributed by atoms with Gasteiger partial charge in [0.25, 0.3) is 0 Å². The van der Waals surface area contributed by atoms with Crippen molar-refractivity contribution in [1.82, 2.24) is 9.38 Å². The van der Waals surface area contributed by atoms with Crippen LogP contribution in [-0.4, -0.2) is 57.5 Å². The van der Waals surface area contributed by atoms with Crippen molar-refractivity contribution in [3.8, 4) is 28.1 Å². The lowest BCUT2D eigenvalue weighted by atomic mass is 9.92. The Hall–Kier alpha value is -3.59. The average Bonchev–Trinajstić information content (AvgIpc) is 3.35. The van der Waals surface area contributed by atoms with Crippen LogP contribution in [0.1, 0.15) is 95.1 Å². The molecule has 8 nitrogen and oxygen atoms in total. The van der Waals surface area contributed by atoms with Crippen molar-refractivity contribution in [2.24, 2.45) is 0 Å². The van der Waals surface area contributed by atoms with Crippen LogP contribution in [0.2, 0.25) is 5.15 Å². The Labute approximate surface area is 295 Å². The smallest absolute Gasteiger partial charge is 0.337 e. The molecule has 2 aromatic heterocycles. The maximum Gasteiger partial charge on any atom is 0.337 e. The monoisotopic (exact) mass is 687 g/mol. The standard InChI is InChI=1S/C40H50ClN3O5/c1-24-20-30-28-13-11-14-29(23-28)34-36(41)44-32(42-34)22-26(3)33(35(38(45)46)49-39(5,6)7)37(44)43-17-15-40(8,16-18-43)47-19-10-9-12-27(4)48-31(30)21-25(24)2/h11,13-14,20-23,27,35H,9-10,12,15-19H2,1-8H3,(H,45,46). The average molecular weight is 688 g/mol. The number of nitrogens with zero attached hydrogens (tertiary/aromatic N) is 3. The van der Waals surface area contributed by atoms with Crippen LogP contribution in [0.15, 0.2) is 42.5 Å². The number of piperidine rings is 1. The summed E-state index contributed by atoms with van der Waals surface area (Å²) in [6.45, 7) is 18.2. The Bertz CT molecular complexity index is 1870. The van der Waals surface area contributed by atoms with Crippen molar-refractivity contribution in [3.63, 3.8) is 0 Å². The van der Waals surface area contributed by atoms with E-state index in [2.05, 4.69) is 56.9 Å². The van der Waals surface area contributed by atoms with E-state index >= 15 is 0 Å². The minimum Gasteiger partial charge on any atom is -0.490 e. The van der Waals surface area contributed by atoms with Crippen LogP contribution in [0, 0.1) is 20.8 Å². The SMILES string of the molecule is Cc1cc2c(cc1C)-c1cccc(c1)-c1nc3cc(C)c(C(OC(C)(C)C)C(=O)O)c(n3c1Cl)N1CCC(C)(CC1)OCCCCC(C)O2. The summed E-state index contributed by atoms with van der Waals surface area (Å²) in [4.78, 5) is 20.3. The molecule has 9 heteroatoms. The normalized spacial score (nSPS) is 21.0. The zero-order valence-corrected chi connectivity index (χ0v) is 30.9. The summed E-state index contributed by atoms with van der Waals surface area (Å²) in [5.74, 6) is 0.523. The van der Waals surface area contributed by atoms with Gasteiger partial charge in [0.15, 0.2) is 6.10 Å². The lowest BCUT2D eigenvalue weighted by Crippen LogP contribution is -2.45. The van der Waals surface area contributed by atoms with Gasteiger partial charge < -0.3 is 24.2 Å². The van der Waals surface area contributed by atoms with Crippen LogP contribution in [-0.2, 0) is 14.3 Å². The van der Waals surface area contributed by atoms with Crippen molar-refractivity contribution in [2.45, 2.75) is 111 Å². The van der Waals surface area contributed by atoms with Gasteiger partial charge in [-0.1, -0.05) is 29.8 Å². The van der Waals surface area contributed by atoms with E-state index in [9.17, 15) is 9.90 Å². The molecule has 4 aromatic rings. The van der Waals surface area contributed by atoms with Gasteiger partial charge in [-0.25, -0.2) is 9.78 Å². The molecule has 0 saturated carbocycles. The highest BCUT2D eigenvalue weighted by molar-refractivity contribution is 6.32. The molecule has 0 amide bonds. The quantitative estimate of drug-likeness (QED) is 0.230. The molecule has 0 aliphatic carbocycles. The van der Waals surface area contributed by atoms with E-state index in [1.807, 2.05) is 50.3 Å². The third-order valence-corrected chi connectivity index (χ3v) is 10.3. The third kappa shape index (κ3) is 7.33. The Morgan fingerprint density at radius 2 is 1.73 bits per heavy atom. The van der Waals surface area contributed by atoms with Crippen LogP contribution in [0.5, 0.6) is 5.75 Å². The van der Waals surface area contributed by atoms with Gasteiger partial charge in [-0.15, -0.1) is 0 Å². The van der Waals surface area contributed by atoms with Crippen molar-refractivity contribution < 1.29 is 24.1 Å². The first-order chi connectivity index (χ1) is 23.1. The number of hydrogen-bond acceptors (Lipinski definition) is 6. The van der Waals surface area contributed by atoms with Crippen LogP contribution in [0.3, 0.4) is 0 Å². The molecule has 5 heterocycles. The highest BCUT2D eigenvalue weighted by atomic mass is 35.5. The number of rotatable bonds is 3. The maximum absolute atomic E-state index is 12.9. The number of benzene rings is 2. The van der Waals surface area contributed by atoms with Gasteiger partial charge in [0.2, 0.25) is 0 Å². The largest absolute Gasteiger partial charge is 0.490 e. The number of pyridine rings is 1. The first-order valence-electron chi connectivity index (χ1n) is 17.5. The summed E-state index contributed by atoms with van der Waals surface area (Å²) in [6.07, 6.45) is 3.31. The number of aromatic nitrogens is 2. The summed E-state index contributed by atoms with van der Waals surface area (Å²) >= 11 is 7.37. The Balaban J connectivity index is 1.58. The molecule has 1 saturated heterocycles. The van der Waals surface area contributed by atoms with Gasteiger partial charge in [-0.2, -0.15) is 0 Å². The molecule has 49 heavy (non-hydrogen) atoms. The van der Waals surface area contributed by atoms with Gasteiger partial charge >= 0.3 is 5.97 Å². The number of carboxylic acids is 1. The van der Waals surface area contributed by atoms with Gasteiger partial charge in [0.1, 0.15) is 28.1 Å². The Morgan fingerprint density at radius 1 is 1.04 bits per heavy atom. The van der Waals surface area contributed by atoms with Gasteiger partial charge in [0.05, 0.1) is 17.3 Å². The molecule has 1 N–H and O–H groups in total. The van der Waals surface area contributed by atoms with E-state index < -0.39 is 17.7 Å². The van der Waals surface area contributed by atoms with Crippen molar-refractivity contribution in [3.05, 3.63) is 69.9 Å². The first-order valence-corrected chi connectivity index (χ1v) is 17.9. The zero-order valence-electron chi connectivity index (χ0n) is 30.2. The fraction of sp³-hybridized carbons (Fsp3) is 0.500. The number of anilines is 1. The topological polar surface area (TPSA) is 85.5 Å². The second-order valence-electron chi connectivity index (χ2n) is 15.2. The lowest BCUT2D eigenvalue weighted by molar-refractivity contribution is -0.160. The fourth-order valence-corrected chi connectivity index (χ4v) is 7.42. The summed E-state index contributed by atoms with van der Waals surface area (Å²) in [6, 6.07) is 14.5. The molecule has 3 aliphatic heterocycles. The summed E-state index contributed by atoms with van der Waals surface area (Å²) in [5, 5.41) is 11.0. The number of halogens is 1. The van der Waals surface area contributed by atoms with Gasteiger partial charge in [-0.05, 0) is 134 Å². The number of carboxylic acid groups (broad SMARTS) is 1. The number of fused-ring (bicyclic) bond motifs is 8. The molecule has 262 valence electrons. The summed E-state index contributed by atoms with van der Waals surface area (Å²) in [5.41, 5.74) is 6.95. The molecule has 0 radical (unpaired) electrons. The highest BCUT2D eigenvalue weighted by Crippen LogP contribution is 2.43. The third-order valence-electron chi connectivity index (χ3n) is 9.98. The minimum absolute atomic E-state index is 0.0501. The molecule has 1 fully saturated rings. The maximum atomic E-state index is 12.9. The van der Waals surface area contributed by atoms with E-state index in [1.54, 1.807) is 0 Å². The molecule has 2 atom stereocenters. The second-order valence-corrected chi connectivity index (χ2v) is 15.5. The minimum atomic E-state index is -1.20. The highest BCUT2D eigenvalue weighted by Gasteiger charge is 2.38. The van der Waals surface area contributed by atoms with Crippen molar-refractivity contribution >= 4 is 29.0 Å². The number of aryl methyl sites for hydroxylation is 3. The predicted molar refractivity (Wildman–Crippen MR) is 196 cm³/mol. The van der Waals surface area contributed by atoms with E-state index in [-0.39, 0.29) is 11.7 Å². The molecular formula is C40H50ClN3O5. The van der Waals surface area contributed by atoms with Crippen LogP contribution in [0.25, 0.3) is 28.0 Å². The fourth-order valence-electron chi connectivity index (χ4n) is 7.10. The molecule has 2 aromatic carbocycles. The van der Waals surface area contributed by atoms with Crippen LogP contribution >= 0.6 is 11.6 Å². The second kappa shape index (κ2) is 13.6. The van der Waals surface area contributed by atoms with Crippen LogP contribution in [0.4, 0.5) is 5.82 Å². The number of hydrogen-bond donors (Lipinski definition) is 1. The number of ether oxygens (including phenoxy) is 3. The number of imidazole rings is 1. The van der Waals surface area contributed by atoms with E-state index in [1.165, 1.54) is 11.1 Å². The van der Waals surface area contributed by atoms with Crippen molar-refractivity contribution in [1.29, 1.82) is 0 Å². The zero-order chi connectivity index (χ0) is 35.2. The molecule has 0 spiro atoms. The van der Waals surface area contributed by atoms with E-state index in [0.717, 1.165) is 60.1 Å². The summed E-state index contributed by atoms with van der Waals surface area (Å²) in [7, 11) is 0. The number of aliphatic carboxylic acids is 1. The molecule has 6 bridgehead atoms. The Morgan fingerprint density at radius 3 is 2.43 bits per heavy atom. The lowest BCUT2D eigenvalue weighted by Gasteiger charge is -2.42. The molecule has 3 aliphatic rings. The first kappa shape index (κ1) is 35.2. The van der Waals surface area contributed by atoms with Gasteiger partial charge in [-0.3, -0.25) is 4.40 Å². The summed E-state index contributed by atoms with van der Waals surface area (Å²) < 4.78 is 21.4. The van der Waals surface area contributed by atoms with E-state index in [0.29, 0.717) is 47.6 Å². The van der Waals surface area contributed by atoms with E-state index in [4.69, 9.17) is 30.8 Å². The van der Waals surface area contributed by atoms with Gasteiger partial charge in [0, 0.05) is 36.4 Å². The molecule has 2 unspecified atom stereocenters. The molecule has 7 rings (SSSR count).